The summed E-state index contributed by atoms with van der Waals surface area (Å²) in [5.41, 5.74) is 1.49. The molecule has 2 aromatic heterocycles. The van der Waals surface area contributed by atoms with Gasteiger partial charge in [0, 0.05) is 19.0 Å². The van der Waals surface area contributed by atoms with Crippen molar-refractivity contribution in [3.63, 3.8) is 0 Å². The van der Waals surface area contributed by atoms with Crippen molar-refractivity contribution < 1.29 is 14.3 Å². The molecular weight excluding hydrogens is 480 g/mol. The van der Waals surface area contributed by atoms with E-state index in [9.17, 15) is 4.79 Å². The summed E-state index contributed by atoms with van der Waals surface area (Å²) in [5, 5.41) is 7.78. The number of aromatic nitrogens is 4. The lowest BCUT2D eigenvalue weighted by molar-refractivity contribution is -0.123. The molecule has 2 aromatic carbocycles. The number of ether oxygens (including phenoxy) is 2. The van der Waals surface area contributed by atoms with Crippen LogP contribution >= 0.6 is 0 Å². The predicted octanol–water partition coefficient (Wildman–Crippen LogP) is 5.11. The molecule has 9 heteroatoms. The van der Waals surface area contributed by atoms with Crippen molar-refractivity contribution in [1.29, 1.82) is 0 Å². The summed E-state index contributed by atoms with van der Waals surface area (Å²) in [6.07, 6.45) is 9.24. The number of nitrogens with zero attached hydrogens (tertiary/aromatic N) is 5. The first-order chi connectivity index (χ1) is 18.7. The normalized spacial score (nSPS) is 19.6. The number of rotatable bonds is 9. The van der Waals surface area contributed by atoms with Crippen LogP contribution in [0.15, 0.2) is 67.1 Å². The average Bonchev–Trinajstić information content (AvgIpc) is 3.36. The van der Waals surface area contributed by atoms with E-state index in [1.807, 2.05) is 59.3 Å². The lowest BCUT2D eigenvalue weighted by atomic mass is 9.86. The van der Waals surface area contributed by atoms with Crippen LogP contribution in [0.2, 0.25) is 0 Å². The van der Waals surface area contributed by atoms with Gasteiger partial charge in [0.2, 0.25) is 11.8 Å². The number of para-hydroxylation sites is 1. The van der Waals surface area contributed by atoms with Crippen LogP contribution in [0.3, 0.4) is 0 Å². The van der Waals surface area contributed by atoms with Crippen molar-refractivity contribution >= 4 is 16.9 Å². The van der Waals surface area contributed by atoms with Crippen molar-refractivity contribution in [2.24, 2.45) is 0 Å². The van der Waals surface area contributed by atoms with Gasteiger partial charge in [-0.1, -0.05) is 24.6 Å². The molecule has 1 amide bonds. The molecule has 0 radical (unpaired) electrons. The highest BCUT2D eigenvalue weighted by Crippen LogP contribution is 2.37. The van der Waals surface area contributed by atoms with E-state index in [0.717, 1.165) is 55.0 Å². The maximum Gasteiger partial charge on any atom is 0.248 e. The number of benzene rings is 2. The average molecular weight is 513 g/mol. The fraction of sp³-hybridized carbons (Fsp3) is 0.379. The Hall–Kier alpha value is -3.98. The monoisotopic (exact) mass is 512 g/mol. The fourth-order valence-corrected chi connectivity index (χ4v) is 5.17. The van der Waals surface area contributed by atoms with E-state index in [2.05, 4.69) is 25.3 Å². The van der Waals surface area contributed by atoms with Crippen LogP contribution in [0.5, 0.6) is 23.1 Å². The zero-order chi connectivity index (χ0) is 25.7. The van der Waals surface area contributed by atoms with Crippen LogP contribution in [0.4, 0.5) is 0 Å². The van der Waals surface area contributed by atoms with Crippen molar-refractivity contribution in [2.75, 3.05) is 19.6 Å². The first-order valence-electron chi connectivity index (χ1n) is 13.4. The van der Waals surface area contributed by atoms with Crippen molar-refractivity contribution in [2.45, 2.75) is 50.6 Å². The highest BCUT2D eigenvalue weighted by Gasteiger charge is 2.34. The number of carbonyl (C=O) groups is 1. The van der Waals surface area contributed by atoms with E-state index in [1.54, 1.807) is 6.20 Å². The third-order valence-electron chi connectivity index (χ3n) is 7.30. The van der Waals surface area contributed by atoms with Crippen LogP contribution in [-0.2, 0) is 4.79 Å². The number of amides is 1. The smallest absolute Gasteiger partial charge is 0.248 e. The zero-order valence-electron chi connectivity index (χ0n) is 21.3. The molecule has 0 atom stereocenters. The molecule has 4 aromatic rings. The molecule has 0 spiro atoms. The van der Waals surface area contributed by atoms with E-state index < -0.39 is 0 Å². The fourth-order valence-electron chi connectivity index (χ4n) is 5.17. The number of carbonyl (C=O) groups excluding carboxylic acids is 1. The lowest BCUT2D eigenvalue weighted by Gasteiger charge is -2.36. The molecule has 196 valence electrons. The Bertz CT molecular complexity index is 1360. The number of likely N-dealkylation sites (tertiary alicyclic amines) is 1. The van der Waals surface area contributed by atoms with E-state index in [1.165, 1.54) is 25.6 Å². The van der Waals surface area contributed by atoms with Gasteiger partial charge in [-0.15, -0.1) is 0 Å². The first kappa shape index (κ1) is 24.4. The van der Waals surface area contributed by atoms with Gasteiger partial charge in [-0.3, -0.25) is 9.48 Å². The second-order valence-electron chi connectivity index (χ2n) is 10.0. The molecule has 1 saturated carbocycles. The van der Waals surface area contributed by atoms with E-state index in [0.29, 0.717) is 18.1 Å². The second kappa shape index (κ2) is 11.2. The molecule has 9 nitrogen and oxygen atoms in total. The zero-order valence-corrected chi connectivity index (χ0v) is 21.3. The maximum absolute atomic E-state index is 12.5. The van der Waals surface area contributed by atoms with Crippen LogP contribution in [-0.4, -0.2) is 56.2 Å². The molecule has 1 aliphatic carbocycles. The van der Waals surface area contributed by atoms with Crippen LogP contribution in [0.1, 0.15) is 44.6 Å². The second-order valence-corrected chi connectivity index (χ2v) is 10.0. The summed E-state index contributed by atoms with van der Waals surface area (Å²) in [6.45, 7) is 3.08. The summed E-state index contributed by atoms with van der Waals surface area (Å²) in [5.74, 6) is 2.74. The van der Waals surface area contributed by atoms with Gasteiger partial charge in [0.1, 0.15) is 34.6 Å². The quantitative estimate of drug-likeness (QED) is 0.333. The molecule has 2 fully saturated rings. The van der Waals surface area contributed by atoms with Crippen LogP contribution in [0.25, 0.3) is 11.0 Å². The number of nitrogens with one attached hydrogen (secondary N) is 1. The van der Waals surface area contributed by atoms with Gasteiger partial charge in [-0.05, 0) is 75.2 Å². The topological polar surface area (TPSA) is 94.4 Å². The van der Waals surface area contributed by atoms with Gasteiger partial charge in [-0.2, -0.15) is 10.1 Å². The van der Waals surface area contributed by atoms with Gasteiger partial charge in [0.15, 0.2) is 0 Å². The van der Waals surface area contributed by atoms with Crippen LogP contribution < -0.4 is 14.8 Å². The highest BCUT2D eigenvalue weighted by atomic mass is 16.5. The highest BCUT2D eigenvalue weighted by molar-refractivity contribution is 5.79. The van der Waals surface area contributed by atoms with E-state index in [4.69, 9.17) is 9.47 Å². The number of hydrogen-bond donors (Lipinski definition) is 1. The third-order valence-corrected chi connectivity index (χ3v) is 7.30. The molecule has 38 heavy (non-hydrogen) atoms. The van der Waals surface area contributed by atoms with E-state index in [-0.39, 0.29) is 18.0 Å². The Morgan fingerprint density at radius 3 is 2.37 bits per heavy atom. The number of piperidine rings is 1. The Morgan fingerprint density at radius 1 is 0.895 bits per heavy atom. The summed E-state index contributed by atoms with van der Waals surface area (Å²) < 4.78 is 14.0. The minimum atomic E-state index is 0.136. The Labute approximate surface area is 221 Å². The Morgan fingerprint density at radius 2 is 1.61 bits per heavy atom. The first-order valence-corrected chi connectivity index (χ1v) is 13.4. The molecule has 6 rings (SSSR count). The minimum absolute atomic E-state index is 0.136. The summed E-state index contributed by atoms with van der Waals surface area (Å²) in [6, 6.07) is 17.4. The molecule has 0 unspecified atom stereocenters. The molecular formula is C29H32N6O3. The summed E-state index contributed by atoms with van der Waals surface area (Å²) in [7, 11) is 0. The van der Waals surface area contributed by atoms with Gasteiger partial charge >= 0.3 is 0 Å². The minimum Gasteiger partial charge on any atom is -0.457 e. The molecule has 2 aliphatic rings. The molecule has 1 saturated heterocycles. The van der Waals surface area contributed by atoms with Gasteiger partial charge in [0.05, 0.1) is 12.2 Å². The third kappa shape index (κ3) is 5.62. The summed E-state index contributed by atoms with van der Waals surface area (Å²) >= 11 is 0. The molecule has 1 N–H and O–H groups in total. The van der Waals surface area contributed by atoms with Gasteiger partial charge in [0.25, 0.3) is 0 Å². The Kier molecular flexibility index (Phi) is 7.17. The lowest BCUT2D eigenvalue weighted by Crippen LogP contribution is -2.46. The predicted molar refractivity (Wildman–Crippen MR) is 143 cm³/mol. The van der Waals surface area contributed by atoms with Gasteiger partial charge < -0.3 is 19.7 Å². The van der Waals surface area contributed by atoms with E-state index >= 15 is 0 Å². The van der Waals surface area contributed by atoms with Crippen molar-refractivity contribution in [3.05, 3.63) is 67.1 Å². The number of fused-ring (bicyclic) bond motifs is 1. The van der Waals surface area contributed by atoms with Crippen molar-refractivity contribution in [3.8, 4) is 23.1 Å². The largest absolute Gasteiger partial charge is 0.457 e. The Balaban J connectivity index is 1.07. The number of hydrogen-bond acceptors (Lipinski definition) is 7. The molecule has 3 heterocycles. The molecule has 1 aliphatic heterocycles. The van der Waals surface area contributed by atoms with Crippen LogP contribution in [0, 0.1) is 0 Å². The van der Waals surface area contributed by atoms with Gasteiger partial charge in [-0.25, -0.2) is 4.98 Å². The SMILES string of the molecule is O=C(CCN1CCCCC1)N[C@H]1C[C@H](n2ncc3ncnc(Oc4ccc(Oc5ccccc5)cc4)c32)C1. The van der Waals surface area contributed by atoms with Crippen molar-refractivity contribution in [1.82, 2.24) is 30.0 Å². The maximum atomic E-state index is 12.5. The standard InChI is InChI=1S/C29H32N6O3/c36-27(13-16-34-14-5-2-6-15-34)33-21-17-22(18-21)35-28-26(19-32-35)30-20-31-29(28)38-25-11-9-24(10-12-25)37-23-7-3-1-4-8-23/h1,3-4,7-12,19-22H,2,5-6,13-18H2,(H,33,36)/t21-,22-. The molecule has 0 bridgehead atoms. The summed E-state index contributed by atoms with van der Waals surface area (Å²) in [4.78, 5) is 23.6.